The van der Waals surface area contributed by atoms with E-state index in [-0.39, 0.29) is 18.3 Å². The molecule has 1 unspecified atom stereocenters. The van der Waals surface area contributed by atoms with Crippen molar-refractivity contribution >= 4 is 11.4 Å². The zero-order chi connectivity index (χ0) is 14.6. The van der Waals surface area contributed by atoms with Crippen LogP contribution in [0.25, 0.3) is 0 Å². The summed E-state index contributed by atoms with van der Waals surface area (Å²) in [6.07, 6.45) is -0.752. The molecule has 0 aliphatic rings. The topological polar surface area (TPSA) is 86.8 Å². The van der Waals surface area contributed by atoms with Crippen LogP contribution >= 0.6 is 0 Å². The average Bonchev–Trinajstić information content (AvgIpc) is 2.34. The third kappa shape index (κ3) is 3.65. The summed E-state index contributed by atoms with van der Waals surface area (Å²) in [6, 6.07) is 4.70. The summed E-state index contributed by atoms with van der Waals surface area (Å²) in [5, 5.41) is 29.7. The fourth-order valence-corrected chi connectivity index (χ4v) is 1.95. The SMILES string of the molecule is CC(O)c1ccc(N(CCO)C(C)C)c([N+](=O)[O-])c1. The van der Waals surface area contributed by atoms with E-state index in [2.05, 4.69) is 0 Å². The van der Waals surface area contributed by atoms with E-state index in [1.54, 1.807) is 24.0 Å². The zero-order valence-electron chi connectivity index (χ0n) is 11.4. The third-order valence-corrected chi connectivity index (χ3v) is 2.95. The molecule has 0 aliphatic heterocycles. The number of nitrogens with zero attached hydrogens (tertiary/aromatic N) is 2. The van der Waals surface area contributed by atoms with Crippen molar-refractivity contribution in [2.75, 3.05) is 18.1 Å². The summed E-state index contributed by atoms with van der Waals surface area (Å²) in [7, 11) is 0. The minimum atomic E-state index is -0.752. The monoisotopic (exact) mass is 268 g/mol. The lowest BCUT2D eigenvalue weighted by atomic mass is 10.1. The van der Waals surface area contributed by atoms with Crippen LogP contribution in [0.3, 0.4) is 0 Å². The Balaban J connectivity index is 3.28. The molecule has 6 nitrogen and oxygen atoms in total. The molecule has 0 fully saturated rings. The number of nitro groups is 1. The molecule has 0 aliphatic carbocycles. The molecule has 0 heterocycles. The van der Waals surface area contributed by atoms with Crippen LogP contribution < -0.4 is 4.90 Å². The number of aliphatic hydroxyl groups excluding tert-OH is 2. The summed E-state index contributed by atoms with van der Waals surface area (Å²) < 4.78 is 0. The van der Waals surface area contributed by atoms with Gasteiger partial charge in [0.15, 0.2) is 0 Å². The van der Waals surface area contributed by atoms with Crippen molar-refractivity contribution in [1.29, 1.82) is 0 Å². The Morgan fingerprint density at radius 2 is 2.00 bits per heavy atom. The molecule has 6 heteroatoms. The largest absolute Gasteiger partial charge is 0.395 e. The number of aliphatic hydroxyl groups is 2. The Morgan fingerprint density at radius 3 is 2.42 bits per heavy atom. The van der Waals surface area contributed by atoms with Crippen LogP contribution in [0.1, 0.15) is 32.4 Å². The van der Waals surface area contributed by atoms with Crippen LogP contribution in [0.5, 0.6) is 0 Å². The van der Waals surface area contributed by atoms with Gasteiger partial charge in [-0.15, -0.1) is 0 Å². The Morgan fingerprint density at radius 1 is 1.37 bits per heavy atom. The second-order valence-electron chi connectivity index (χ2n) is 4.69. The van der Waals surface area contributed by atoms with Crippen molar-refractivity contribution in [1.82, 2.24) is 0 Å². The molecule has 1 rings (SSSR count). The number of hydrogen-bond acceptors (Lipinski definition) is 5. The molecule has 1 aromatic rings. The van der Waals surface area contributed by atoms with Crippen molar-refractivity contribution in [3.8, 4) is 0 Å². The summed E-state index contributed by atoms with van der Waals surface area (Å²) in [6.45, 7) is 5.62. The predicted octanol–water partition coefficient (Wildman–Crippen LogP) is 1.86. The van der Waals surface area contributed by atoms with E-state index in [0.29, 0.717) is 17.8 Å². The highest BCUT2D eigenvalue weighted by molar-refractivity contribution is 5.65. The van der Waals surface area contributed by atoms with E-state index in [1.807, 2.05) is 13.8 Å². The molecule has 0 radical (unpaired) electrons. The van der Waals surface area contributed by atoms with E-state index in [0.717, 1.165) is 0 Å². The molecule has 2 N–H and O–H groups in total. The Kier molecular flexibility index (Phi) is 5.26. The molecule has 1 atom stereocenters. The molecule has 19 heavy (non-hydrogen) atoms. The van der Waals surface area contributed by atoms with E-state index in [9.17, 15) is 15.2 Å². The van der Waals surface area contributed by atoms with Gasteiger partial charge in [-0.05, 0) is 32.4 Å². The van der Waals surface area contributed by atoms with Crippen LogP contribution in [-0.2, 0) is 0 Å². The minimum Gasteiger partial charge on any atom is -0.395 e. The van der Waals surface area contributed by atoms with Gasteiger partial charge in [-0.1, -0.05) is 6.07 Å². The van der Waals surface area contributed by atoms with Crippen LogP contribution in [0.15, 0.2) is 18.2 Å². The van der Waals surface area contributed by atoms with Gasteiger partial charge >= 0.3 is 0 Å². The highest BCUT2D eigenvalue weighted by atomic mass is 16.6. The molecule has 0 bridgehead atoms. The van der Waals surface area contributed by atoms with Crippen molar-refractivity contribution in [3.63, 3.8) is 0 Å². The lowest BCUT2D eigenvalue weighted by Crippen LogP contribution is -2.33. The summed E-state index contributed by atoms with van der Waals surface area (Å²) in [5.74, 6) is 0. The third-order valence-electron chi connectivity index (χ3n) is 2.95. The van der Waals surface area contributed by atoms with Gasteiger partial charge in [-0.25, -0.2) is 0 Å². The highest BCUT2D eigenvalue weighted by Gasteiger charge is 2.22. The predicted molar refractivity (Wildman–Crippen MR) is 73.3 cm³/mol. The van der Waals surface area contributed by atoms with Crippen LogP contribution in [0.4, 0.5) is 11.4 Å². The summed E-state index contributed by atoms with van der Waals surface area (Å²) in [5.41, 5.74) is 0.905. The molecule has 0 saturated carbocycles. The first-order chi connectivity index (χ1) is 8.88. The van der Waals surface area contributed by atoms with E-state index >= 15 is 0 Å². The van der Waals surface area contributed by atoms with Gasteiger partial charge in [0.25, 0.3) is 5.69 Å². The second kappa shape index (κ2) is 6.49. The van der Waals surface area contributed by atoms with Gasteiger partial charge in [-0.2, -0.15) is 0 Å². The lowest BCUT2D eigenvalue weighted by molar-refractivity contribution is -0.384. The number of rotatable bonds is 6. The van der Waals surface area contributed by atoms with E-state index in [4.69, 9.17) is 5.11 Å². The van der Waals surface area contributed by atoms with Crippen LogP contribution in [0, 0.1) is 10.1 Å². The maximum absolute atomic E-state index is 11.2. The fraction of sp³-hybridized carbons (Fsp3) is 0.538. The van der Waals surface area contributed by atoms with Crippen molar-refractivity contribution in [2.24, 2.45) is 0 Å². The molecule has 0 amide bonds. The van der Waals surface area contributed by atoms with Gasteiger partial charge in [0.05, 0.1) is 17.6 Å². The van der Waals surface area contributed by atoms with E-state index < -0.39 is 11.0 Å². The van der Waals surface area contributed by atoms with Crippen LogP contribution in [0.2, 0.25) is 0 Å². The first kappa shape index (κ1) is 15.4. The van der Waals surface area contributed by atoms with E-state index in [1.165, 1.54) is 6.07 Å². The highest BCUT2D eigenvalue weighted by Crippen LogP contribution is 2.32. The first-order valence-corrected chi connectivity index (χ1v) is 6.22. The number of anilines is 1. The molecular weight excluding hydrogens is 248 g/mol. The minimum absolute atomic E-state index is 0.0308. The zero-order valence-corrected chi connectivity index (χ0v) is 11.4. The maximum atomic E-state index is 11.2. The summed E-state index contributed by atoms with van der Waals surface area (Å²) >= 11 is 0. The first-order valence-electron chi connectivity index (χ1n) is 6.22. The van der Waals surface area contributed by atoms with Crippen LogP contribution in [-0.4, -0.2) is 34.3 Å². The van der Waals surface area contributed by atoms with Crippen molar-refractivity contribution in [3.05, 3.63) is 33.9 Å². The molecule has 0 saturated heterocycles. The van der Waals surface area contributed by atoms with Gasteiger partial charge in [0.1, 0.15) is 5.69 Å². The van der Waals surface area contributed by atoms with Crippen molar-refractivity contribution in [2.45, 2.75) is 32.9 Å². The van der Waals surface area contributed by atoms with Gasteiger partial charge < -0.3 is 15.1 Å². The number of hydrogen-bond donors (Lipinski definition) is 2. The number of benzene rings is 1. The quantitative estimate of drug-likeness (QED) is 0.607. The molecule has 1 aromatic carbocycles. The molecular formula is C13H20N2O4. The molecule has 0 spiro atoms. The second-order valence-corrected chi connectivity index (χ2v) is 4.69. The molecule has 106 valence electrons. The lowest BCUT2D eigenvalue weighted by Gasteiger charge is -2.28. The van der Waals surface area contributed by atoms with Gasteiger partial charge in [0.2, 0.25) is 0 Å². The fourth-order valence-electron chi connectivity index (χ4n) is 1.95. The van der Waals surface area contributed by atoms with Gasteiger partial charge in [-0.3, -0.25) is 10.1 Å². The Labute approximate surface area is 112 Å². The van der Waals surface area contributed by atoms with Gasteiger partial charge in [0, 0.05) is 18.7 Å². The van der Waals surface area contributed by atoms with Crippen molar-refractivity contribution < 1.29 is 15.1 Å². The normalized spacial score (nSPS) is 12.5. The maximum Gasteiger partial charge on any atom is 0.292 e. The Bertz CT molecular complexity index is 446. The summed E-state index contributed by atoms with van der Waals surface area (Å²) in [4.78, 5) is 12.5. The smallest absolute Gasteiger partial charge is 0.292 e. The number of nitro benzene ring substituents is 1. The standard InChI is InChI=1S/C13H20N2O4/c1-9(2)14(6-7-16)12-5-4-11(10(3)17)8-13(12)15(18)19/h4-5,8-10,16-17H,6-7H2,1-3H3. The molecule has 0 aromatic heterocycles. The Hall–Kier alpha value is -1.66. The average molecular weight is 268 g/mol.